The standard InChI is InChI=1S/C25H33ClFN3O4S/c1-5-18(3)28-25(32)23(6-2)29(15-14-19-10-8-7-9-11-19)24(31)17-30(35(4,33)34)20-12-13-22(27)21(26)16-20/h7-13,16,18,23H,5-6,14-15,17H2,1-4H3,(H,28,32)/t18-,23+/m0/s1. The fourth-order valence-electron chi connectivity index (χ4n) is 3.59. The Hall–Kier alpha value is -2.65. The average Bonchev–Trinajstić information content (AvgIpc) is 2.81. The van der Waals surface area contributed by atoms with E-state index in [0.29, 0.717) is 12.8 Å². The van der Waals surface area contributed by atoms with E-state index in [1.54, 1.807) is 6.92 Å². The zero-order chi connectivity index (χ0) is 26.2. The minimum Gasteiger partial charge on any atom is -0.352 e. The quantitative estimate of drug-likeness (QED) is 0.453. The zero-order valence-electron chi connectivity index (χ0n) is 20.5. The molecule has 2 aromatic carbocycles. The molecule has 1 N–H and O–H groups in total. The van der Waals surface area contributed by atoms with Crippen LogP contribution in [0.2, 0.25) is 5.02 Å². The van der Waals surface area contributed by atoms with Crippen LogP contribution in [0.15, 0.2) is 48.5 Å². The van der Waals surface area contributed by atoms with Gasteiger partial charge in [-0.15, -0.1) is 0 Å². The van der Waals surface area contributed by atoms with Crippen molar-refractivity contribution in [2.24, 2.45) is 0 Å². The number of anilines is 1. The predicted molar refractivity (Wildman–Crippen MR) is 137 cm³/mol. The highest BCUT2D eigenvalue weighted by Crippen LogP contribution is 2.25. The Balaban J connectivity index is 2.38. The lowest BCUT2D eigenvalue weighted by molar-refractivity contribution is -0.139. The van der Waals surface area contributed by atoms with Crippen LogP contribution < -0.4 is 9.62 Å². The van der Waals surface area contributed by atoms with Crippen LogP contribution in [0.5, 0.6) is 0 Å². The van der Waals surface area contributed by atoms with Crippen LogP contribution in [0.4, 0.5) is 10.1 Å². The first kappa shape index (κ1) is 28.6. The van der Waals surface area contributed by atoms with Crippen molar-refractivity contribution in [2.75, 3.05) is 23.7 Å². The largest absolute Gasteiger partial charge is 0.352 e. The molecule has 2 rings (SSSR count). The van der Waals surface area contributed by atoms with E-state index in [9.17, 15) is 22.4 Å². The third-order valence-electron chi connectivity index (χ3n) is 5.74. The minimum absolute atomic E-state index is 0.0624. The van der Waals surface area contributed by atoms with Gasteiger partial charge in [0.25, 0.3) is 0 Å². The van der Waals surface area contributed by atoms with E-state index in [-0.39, 0.29) is 29.2 Å². The second-order valence-corrected chi connectivity index (χ2v) is 10.7. The van der Waals surface area contributed by atoms with Crippen LogP contribution in [-0.2, 0) is 26.0 Å². The number of hydrogen-bond acceptors (Lipinski definition) is 4. The molecule has 2 amide bonds. The van der Waals surface area contributed by atoms with Crippen molar-refractivity contribution < 1.29 is 22.4 Å². The third kappa shape index (κ3) is 8.21. The number of sulfonamides is 1. The number of halogens is 2. The fourth-order valence-corrected chi connectivity index (χ4v) is 4.61. The number of nitrogens with one attached hydrogen (secondary N) is 1. The highest BCUT2D eigenvalue weighted by molar-refractivity contribution is 7.92. The maximum Gasteiger partial charge on any atom is 0.244 e. The lowest BCUT2D eigenvalue weighted by Gasteiger charge is -2.33. The molecule has 0 aliphatic rings. The molecular formula is C25H33ClFN3O4S. The van der Waals surface area contributed by atoms with Gasteiger partial charge in [0.2, 0.25) is 21.8 Å². The zero-order valence-corrected chi connectivity index (χ0v) is 22.1. The summed E-state index contributed by atoms with van der Waals surface area (Å²) >= 11 is 5.86. The summed E-state index contributed by atoms with van der Waals surface area (Å²) in [6.07, 6.45) is 2.52. The summed E-state index contributed by atoms with van der Waals surface area (Å²) in [5.74, 6) is -1.54. The van der Waals surface area contributed by atoms with Gasteiger partial charge in [-0.3, -0.25) is 13.9 Å². The Kier molecular flexibility index (Phi) is 10.5. The Bertz CT molecular complexity index is 1110. The van der Waals surface area contributed by atoms with Gasteiger partial charge in [0.05, 0.1) is 17.0 Å². The van der Waals surface area contributed by atoms with Crippen LogP contribution >= 0.6 is 11.6 Å². The number of carbonyl (C=O) groups is 2. The summed E-state index contributed by atoms with van der Waals surface area (Å²) in [6, 6.07) is 12.1. The van der Waals surface area contributed by atoms with E-state index in [2.05, 4.69) is 5.32 Å². The summed E-state index contributed by atoms with van der Waals surface area (Å²) in [7, 11) is -3.91. The Morgan fingerprint density at radius 1 is 1.09 bits per heavy atom. The summed E-state index contributed by atoms with van der Waals surface area (Å²) in [4.78, 5) is 28.0. The molecule has 2 atom stereocenters. The SMILES string of the molecule is CC[C@H](C(=O)N[C@@H](C)CC)N(CCc1ccccc1)C(=O)CN(c1ccc(F)c(Cl)c1)S(C)(=O)=O. The van der Waals surface area contributed by atoms with Crippen LogP contribution in [0.25, 0.3) is 0 Å². The molecular weight excluding hydrogens is 493 g/mol. The molecule has 192 valence electrons. The number of nitrogens with zero attached hydrogens (tertiary/aromatic N) is 2. The molecule has 0 saturated heterocycles. The van der Waals surface area contributed by atoms with Gasteiger partial charge >= 0.3 is 0 Å². The lowest BCUT2D eigenvalue weighted by atomic mass is 10.1. The van der Waals surface area contributed by atoms with E-state index >= 15 is 0 Å². The van der Waals surface area contributed by atoms with Gasteiger partial charge in [-0.2, -0.15) is 0 Å². The van der Waals surface area contributed by atoms with Crippen molar-refractivity contribution in [2.45, 2.75) is 52.1 Å². The molecule has 0 aliphatic heterocycles. The first-order valence-corrected chi connectivity index (χ1v) is 13.8. The molecule has 0 spiro atoms. The number of hydrogen-bond donors (Lipinski definition) is 1. The second-order valence-electron chi connectivity index (χ2n) is 8.43. The molecule has 0 bridgehead atoms. The molecule has 35 heavy (non-hydrogen) atoms. The van der Waals surface area contributed by atoms with Crippen LogP contribution in [0.3, 0.4) is 0 Å². The Morgan fingerprint density at radius 2 is 1.74 bits per heavy atom. The van der Waals surface area contributed by atoms with Gasteiger partial charge in [0, 0.05) is 12.6 Å². The normalized spacial score (nSPS) is 13.1. The molecule has 10 heteroatoms. The van der Waals surface area contributed by atoms with Gasteiger partial charge in [-0.25, -0.2) is 12.8 Å². The molecule has 0 fully saturated rings. The van der Waals surface area contributed by atoms with E-state index in [1.807, 2.05) is 44.2 Å². The Morgan fingerprint density at radius 3 is 2.29 bits per heavy atom. The van der Waals surface area contributed by atoms with E-state index in [0.717, 1.165) is 34.7 Å². The molecule has 0 unspecified atom stereocenters. The predicted octanol–water partition coefficient (Wildman–Crippen LogP) is 4.01. The number of amides is 2. The van der Waals surface area contributed by atoms with Crippen molar-refractivity contribution in [1.82, 2.24) is 10.2 Å². The van der Waals surface area contributed by atoms with E-state index < -0.39 is 34.3 Å². The van der Waals surface area contributed by atoms with Crippen LogP contribution in [0, 0.1) is 5.82 Å². The topological polar surface area (TPSA) is 86.8 Å². The van der Waals surface area contributed by atoms with E-state index in [4.69, 9.17) is 11.6 Å². The average molecular weight is 526 g/mol. The molecule has 0 aliphatic carbocycles. The highest BCUT2D eigenvalue weighted by atomic mass is 35.5. The number of rotatable bonds is 12. The fraction of sp³-hybridized carbons (Fsp3) is 0.440. The van der Waals surface area contributed by atoms with Crippen molar-refractivity contribution in [3.05, 3.63) is 64.9 Å². The summed E-state index contributed by atoms with van der Waals surface area (Å²) in [5.41, 5.74) is 1.04. The smallest absolute Gasteiger partial charge is 0.244 e. The third-order valence-corrected chi connectivity index (χ3v) is 7.17. The first-order valence-electron chi connectivity index (χ1n) is 11.5. The van der Waals surface area contributed by atoms with Crippen LogP contribution in [-0.4, -0.2) is 56.6 Å². The van der Waals surface area contributed by atoms with Gasteiger partial charge in [-0.05, 0) is 49.9 Å². The maximum absolute atomic E-state index is 13.7. The molecule has 0 radical (unpaired) electrons. The Labute approximate surface area is 212 Å². The molecule has 0 saturated carbocycles. The summed E-state index contributed by atoms with van der Waals surface area (Å²) in [6.45, 7) is 5.30. The van der Waals surface area contributed by atoms with Crippen molar-refractivity contribution in [3.63, 3.8) is 0 Å². The molecule has 7 nitrogen and oxygen atoms in total. The van der Waals surface area contributed by atoms with Crippen molar-refractivity contribution in [3.8, 4) is 0 Å². The molecule has 2 aromatic rings. The van der Waals surface area contributed by atoms with Gasteiger partial charge in [0.1, 0.15) is 18.4 Å². The van der Waals surface area contributed by atoms with Gasteiger partial charge < -0.3 is 10.2 Å². The van der Waals surface area contributed by atoms with Gasteiger partial charge in [-0.1, -0.05) is 55.8 Å². The van der Waals surface area contributed by atoms with Crippen molar-refractivity contribution >= 4 is 39.1 Å². The molecule has 0 heterocycles. The number of benzene rings is 2. The summed E-state index contributed by atoms with van der Waals surface area (Å²) in [5, 5.41) is 2.66. The maximum atomic E-state index is 13.7. The summed E-state index contributed by atoms with van der Waals surface area (Å²) < 4.78 is 39.7. The first-order chi connectivity index (χ1) is 16.5. The lowest BCUT2D eigenvalue weighted by Crippen LogP contribution is -2.54. The monoisotopic (exact) mass is 525 g/mol. The van der Waals surface area contributed by atoms with Crippen molar-refractivity contribution in [1.29, 1.82) is 0 Å². The number of carbonyl (C=O) groups excluding carboxylic acids is 2. The second kappa shape index (κ2) is 12.9. The highest BCUT2D eigenvalue weighted by Gasteiger charge is 2.32. The van der Waals surface area contributed by atoms with E-state index in [1.165, 1.54) is 11.0 Å². The molecule has 0 aromatic heterocycles. The van der Waals surface area contributed by atoms with Crippen LogP contribution in [0.1, 0.15) is 39.2 Å². The van der Waals surface area contributed by atoms with Gasteiger partial charge in [0.15, 0.2) is 0 Å². The minimum atomic E-state index is -3.91.